The van der Waals surface area contributed by atoms with Gasteiger partial charge in [0, 0.05) is 16.7 Å². The normalized spacial score (nSPS) is 18.9. The summed E-state index contributed by atoms with van der Waals surface area (Å²) < 4.78 is 25.5. The number of carbonyl (C=O) groups excluding carboxylic acids is 1. The maximum Gasteiger partial charge on any atom is 0.348 e. The molecule has 1 aromatic carbocycles. The second-order valence-corrected chi connectivity index (χ2v) is 6.31. The first kappa shape index (κ1) is 14.5. The molecule has 3 nitrogen and oxygen atoms in total. The molecule has 1 fully saturated rings. The van der Waals surface area contributed by atoms with Crippen molar-refractivity contribution < 1.29 is 18.7 Å². The van der Waals surface area contributed by atoms with Gasteiger partial charge in [-0.1, -0.05) is 6.07 Å². The Morgan fingerprint density at radius 2 is 2.33 bits per heavy atom. The van der Waals surface area contributed by atoms with Gasteiger partial charge in [-0.2, -0.15) is 0 Å². The summed E-state index contributed by atoms with van der Waals surface area (Å²) in [5.41, 5.74) is 0.655. The highest BCUT2D eigenvalue weighted by atomic mass is 32.1. The van der Waals surface area contributed by atoms with Crippen LogP contribution in [0, 0.1) is 12.7 Å². The highest BCUT2D eigenvalue weighted by Gasteiger charge is 2.21. The van der Waals surface area contributed by atoms with Crippen LogP contribution in [0.1, 0.15) is 34.5 Å². The molecule has 1 aliphatic rings. The summed E-state index contributed by atoms with van der Waals surface area (Å²) in [5.74, 6) is -0.682. The highest BCUT2D eigenvalue weighted by molar-refractivity contribution is 7.21. The van der Waals surface area contributed by atoms with Crippen molar-refractivity contribution in [3.63, 3.8) is 0 Å². The van der Waals surface area contributed by atoms with E-state index in [1.807, 2.05) is 6.07 Å². The van der Waals surface area contributed by atoms with Gasteiger partial charge in [0.15, 0.2) is 0 Å². The molecule has 5 heteroatoms. The van der Waals surface area contributed by atoms with Gasteiger partial charge in [0.1, 0.15) is 17.3 Å². The number of hydrogen-bond donors (Lipinski definition) is 0. The lowest BCUT2D eigenvalue weighted by Gasteiger charge is -2.21. The molecule has 1 saturated heterocycles. The number of esters is 1. The van der Waals surface area contributed by atoms with E-state index in [2.05, 4.69) is 0 Å². The van der Waals surface area contributed by atoms with Crippen LogP contribution in [0.15, 0.2) is 18.2 Å². The van der Waals surface area contributed by atoms with Crippen LogP contribution in [-0.4, -0.2) is 25.3 Å². The van der Waals surface area contributed by atoms with Crippen LogP contribution in [0.5, 0.6) is 0 Å². The van der Waals surface area contributed by atoms with Gasteiger partial charge >= 0.3 is 5.97 Å². The average molecular weight is 308 g/mol. The second-order valence-electron chi connectivity index (χ2n) is 5.26. The van der Waals surface area contributed by atoms with Crippen molar-refractivity contribution >= 4 is 27.4 Å². The fraction of sp³-hybridized carbons (Fsp3) is 0.438. The third-order valence-electron chi connectivity index (χ3n) is 3.76. The van der Waals surface area contributed by atoms with Gasteiger partial charge in [-0.15, -0.1) is 11.3 Å². The molecule has 2 heterocycles. The lowest BCUT2D eigenvalue weighted by atomic mass is 10.1. The number of benzene rings is 1. The van der Waals surface area contributed by atoms with Crippen molar-refractivity contribution in [1.29, 1.82) is 0 Å². The summed E-state index contributed by atoms with van der Waals surface area (Å²) in [6.45, 7) is 2.76. The molecule has 3 rings (SSSR count). The van der Waals surface area contributed by atoms with E-state index in [0.29, 0.717) is 15.8 Å². The average Bonchev–Trinajstić information content (AvgIpc) is 2.84. The van der Waals surface area contributed by atoms with Gasteiger partial charge < -0.3 is 9.47 Å². The number of aryl methyl sites for hydroxylation is 1. The van der Waals surface area contributed by atoms with Crippen LogP contribution < -0.4 is 0 Å². The first-order valence-electron chi connectivity index (χ1n) is 7.13. The van der Waals surface area contributed by atoms with E-state index in [4.69, 9.17) is 9.47 Å². The zero-order chi connectivity index (χ0) is 14.8. The molecule has 0 spiro atoms. The Balaban J connectivity index is 1.75. The molecule has 1 aliphatic heterocycles. The van der Waals surface area contributed by atoms with E-state index in [1.54, 1.807) is 13.0 Å². The maximum absolute atomic E-state index is 13.8. The predicted octanol–water partition coefficient (Wildman–Crippen LogP) is 4.07. The van der Waals surface area contributed by atoms with Gasteiger partial charge in [0.25, 0.3) is 0 Å². The molecule has 0 saturated carbocycles. The fourth-order valence-corrected chi connectivity index (χ4v) is 3.74. The van der Waals surface area contributed by atoms with Gasteiger partial charge in [0.2, 0.25) is 0 Å². The van der Waals surface area contributed by atoms with Crippen molar-refractivity contribution in [1.82, 2.24) is 0 Å². The molecule has 112 valence electrons. The minimum Gasteiger partial charge on any atom is -0.459 e. The second kappa shape index (κ2) is 6.12. The summed E-state index contributed by atoms with van der Waals surface area (Å²) in [6, 6.07) is 4.88. The Morgan fingerprint density at radius 3 is 3.05 bits per heavy atom. The number of halogens is 1. The molecule has 0 aliphatic carbocycles. The zero-order valence-electron chi connectivity index (χ0n) is 11.9. The largest absolute Gasteiger partial charge is 0.459 e. The van der Waals surface area contributed by atoms with E-state index in [9.17, 15) is 9.18 Å². The summed E-state index contributed by atoms with van der Waals surface area (Å²) in [5, 5.41) is 0.517. The molecule has 2 aromatic rings. The molecule has 1 atom stereocenters. The van der Waals surface area contributed by atoms with Crippen LogP contribution in [-0.2, 0) is 9.47 Å². The number of ether oxygens (including phenoxy) is 2. The van der Waals surface area contributed by atoms with Crippen LogP contribution >= 0.6 is 11.3 Å². The summed E-state index contributed by atoms with van der Waals surface area (Å²) in [6.07, 6.45) is 3.09. The first-order valence-corrected chi connectivity index (χ1v) is 7.95. The maximum atomic E-state index is 13.8. The summed E-state index contributed by atoms with van der Waals surface area (Å²) in [4.78, 5) is 12.7. The van der Waals surface area contributed by atoms with Gasteiger partial charge in [-0.25, -0.2) is 9.18 Å². The fourth-order valence-electron chi connectivity index (χ4n) is 2.62. The molecular weight excluding hydrogens is 291 g/mol. The number of fused-ring (bicyclic) bond motifs is 1. The van der Waals surface area contributed by atoms with Crippen LogP contribution in [0.3, 0.4) is 0 Å². The third kappa shape index (κ3) is 2.94. The van der Waals surface area contributed by atoms with Crippen molar-refractivity contribution in [2.75, 3.05) is 13.2 Å². The molecule has 0 N–H and O–H groups in total. The van der Waals surface area contributed by atoms with Crippen LogP contribution in [0.2, 0.25) is 0 Å². The molecule has 21 heavy (non-hydrogen) atoms. The number of thiophene rings is 1. The van der Waals surface area contributed by atoms with E-state index in [0.717, 1.165) is 30.6 Å². The van der Waals surface area contributed by atoms with Gasteiger partial charge in [-0.3, -0.25) is 0 Å². The number of carbonyl (C=O) groups is 1. The van der Waals surface area contributed by atoms with Crippen molar-refractivity contribution in [2.24, 2.45) is 0 Å². The predicted molar refractivity (Wildman–Crippen MR) is 80.4 cm³/mol. The van der Waals surface area contributed by atoms with Gasteiger partial charge in [0.05, 0.1) is 6.10 Å². The summed E-state index contributed by atoms with van der Waals surface area (Å²) in [7, 11) is 0. The minimum atomic E-state index is -0.387. The Bertz CT molecular complexity index is 659. The lowest BCUT2D eigenvalue weighted by Crippen LogP contribution is -2.25. The van der Waals surface area contributed by atoms with Gasteiger partial charge in [-0.05, 0) is 43.9 Å². The minimum absolute atomic E-state index is 0.00544. The third-order valence-corrected chi connectivity index (χ3v) is 5.00. The number of hydrogen-bond acceptors (Lipinski definition) is 4. The lowest BCUT2D eigenvalue weighted by molar-refractivity contribution is -0.0298. The molecular formula is C16H17FO3S. The quantitative estimate of drug-likeness (QED) is 0.802. The Morgan fingerprint density at radius 1 is 1.48 bits per heavy atom. The topological polar surface area (TPSA) is 35.5 Å². The summed E-state index contributed by atoms with van der Waals surface area (Å²) >= 11 is 1.28. The SMILES string of the molecule is Cc1c(C(=O)OCC2CCCCO2)sc2cccc(F)c12. The standard InChI is InChI=1S/C16H17FO3S/c1-10-14-12(17)6-4-7-13(14)21-15(10)16(18)20-9-11-5-2-3-8-19-11/h4,6-7,11H,2-3,5,8-9H2,1H3. The van der Waals surface area contributed by atoms with E-state index in [-0.39, 0.29) is 24.5 Å². The van der Waals surface area contributed by atoms with Crippen molar-refractivity contribution in [2.45, 2.75) is 32.3 Å². The van der Waals surface area contributed by atoms with E-state index < -0.39 is 0 Å². The molecule has 0 amide bonds. The molecule has 0 bridgehead atoms. The monoisotopic (exact) mass is 308 g/mol. The number of rotatable bonds is 3. The molecule has 0 radical (unpaired) electrons. The van der Waals surface area contributed by atoms with Crippen molar-refractivity contribution in [3.8, 4) is 0 Å². The van der Waals surface area contributed by atoms with Crippen LogP contribution in [0.25, 0.3) is 10.1 Å². The Labute approximate surface area is 126 Å². The smallest absolute Gasteiger partial charge is 0.348 e. The van der Waals surface area contributed by atoms with E-state index >= 15 is 0 Å². The first-order chi connectivity index (χ1) is 10.2. The Kier molecular flexibility index (Phi) is 4.22. The molecule has 1 unspecified atom stereocenters. The van der Waals surface area contributed by atoms with Crippen molar-refractivity contribution in [3.05, 3.63) is 34.5 Å². The van der Waals surface area contributed by atoms with E-state index in [1.165, 1.54) is 17.4 Å². The highest BCUT2D eigenvalue weighted by Crippen LogP contribution is 2.33. The molecule has 1 aromatic heterocycles. The Hall–Kier alpha value is -1.46. The van der Waals surface area contributed by atoms with Crippen LogP contribution in [0.4, 0.5) is 4.39 Å². The zero-order valence-corrected chi connectivity index (χ0v) is 12.7.